The first-order chi connectivity index (χ1) is 10.1. The number of carbonyl (C=O) groups is 1. The number of nitrogen functional groups attached to an aromatic ring is 1. The van der Waals surface area contributed by atoms with Gasteiger partial charge in [-0.2, -0.15) is 13.2 Å². The molecule has 1 aromatic heterocycles. The van der Waals surface area contributed by atoms with Crippen molar-refractivity contribution >= 4 is 32.7 Å². The number of carbonyl (C=O) groups excluding carboxylic acids is 1. The summed E-state index contributed by atoms with van der Waals surface area (Å²) in [4.78, 5) is 15.5. The highest BCUT2D eigenvalue weighted by Crippen LogP contribution is 2.43. The van der Waals surface area contributed by atoms with Crippen molar-refractivity contribution in [3.05, 3.63) is 17.7 Å². The van der Waals surface area contributed by atoms with Crippen LogP contribution in [0.2, 0.25) is 0 Å². The summed E-state index contributed by atoms with van der Waals surface area (Å²) in [5.74, 6) is -1.90. The number of fused-ring (bicyclic) bond motifs is 1. The number of alkyl halides is 3. The number of aromatic nitrogens is 1. The van der Waals surface area contributed by atoms with E-state index in [2.05, 4.69) is 9.72 Å². The topological polar surface area (TPSA) is 94.7 Å². The standard InChI is InChI=1S/C12H11F3N2O4S/c1-20-6-3-5(4-7-8(6)17-10(16)22-7)11(19,9(18)21-2)12(13,14)15/h3-4,19H,1-2H3,(H2,16,17). The van der Waals surface area contributed by atoms with Gasteiger partial charge in [0.2, 0.25) is 0 Å². The van der Waals surface area contributed by atoms with E-state index in [4.69, 9.17) is 10.5 Å². The van der Waals surface area contributed by atoms with Crippen LogP contribution in [0.3, 0.4) is 0 Å². The van der Waals surface area contributed by atoms with Gasteiger partial charge < -0.3 is 20.3 Å². The predicted octanol–water partition coefficient (Wildman–Crippen LogP) is 1.81. The molecule has 10 heteroatoms. The number of hydrogen-bond acceptors (Lipinski definition) is 7. The van der Waals surface area contributed by atoms with E-state index >= 15 is 0 Å². The third-order valence-corrected chi connectivity index (χ3v) is 3.84. The van der Waals surface area contributed by atoms with Gasteiger partial charge in [0.25, 0.3) is 5.60 Å². The van der Waals surface area contributed by atoms with E-state index in [9.17, 15) is 23.1 Å². The number of methoxy groups -OCH3 is 2. The van der Waals surface area contributed by atoms with Crippen LogP contribution in [0.1, 0.15) is 5.56 Å². The number of thiazole rings is 1. The minimum atomic E-state index is -5.28. The van der Waals surface area contributed by atoms with Crippen LogP contribution in [0.4, 0.5) is 18.3 Å². The van der Waals surface area contributed by atoms with Crippen LogP contribution in [0, 0.1) is 0 Å². The molecule has 0 fully saturated rings. The number of nitrogens with two attached hydrogens (primary N) is 1. The monoisotopic (exact) mass is 336 g/mol. The Bertz CT molecular complexity index is 731. The Morgan fingerprint density at radius 2 is 2.00 bits per heavy atom. The smallest absolute Gasteiger partial charge is 0.432 e. The SMILES string of the molecule is COC(=O)C(O)(c1cc(OC)c2nc(N)sc2c1)C(F)(F)F. The minimum absolute atomic E-state index is 0.0490. The first kappa shape index (κ1) is 16.3. The lowest BCUT2D eigenvalue weighted by Gasteiger charge is -2.28. The quantitative estimate of drug-likeness (QED) is 0.830. The maximum Gasteiger partial charge on any atom is 0.432 e. The first-order valence-corrected chi connectivity index (χ1v) is 6.58. The van der Waals surface area contributed by atoms with Gasteiger partial charge in [0.1, 0.15) is 11.3 Å². The van der Waals surface area contributed by atoms with Gasteiger partial charge in [-0.25, -0.2) is 9.78 Å². The molecule has 1 atom stereocenters. The Labute approximate surface area is 126 Å². The van der Waals surface area contributed by atoms with E-state index in [1.807, 2.05) is 0 Å². The van der Waals surface area contributed by atoms with Crippen molar-refractivity contribution in [2.45, 2.75) is 11.8 Å². The molecule has 0 amide bonds. The third kappa shape index (κ3) is 2.33. The van der Waals surface area contributed by atoms with Gasteiger partial charge in [0, 0.05) is 5.56 Å². The molecule has 6 nitrogen and oxygen atoms in total. The fourth-order valence-electron chi connectivity index (χ4n) is 1.93. The van der Waals surface area contributed by atoms with Crippen molar-refractivity contribution in [2.75, 3.05) is 20.0 Å². The number of benzene rings is 1. The van der Waals surface area contributed by atoms with Gasteiger partial charge in [0.05, 0.1) is 18.9 Å². The number of halogens is 3. The third-order valence-electron chi connectivity index (χ3n) is 3.01. The second-order valence-corrected chi connectivity index (χ2v) is 5.34. The number of aliphatic hydroxyl groups is 1. The molecular formula is C12H11F3N2O4S. The fourth-order valence-corrected chi connectivity index (χ4v) is 2.72. The largest absolute Gasteiger partial charge is 0.494 e. The molecular weight excluding hydrogens is 325 g/mol. The van der Waals surface area contributed by atoms with Gasteiger partial charge in [-0.1, -0.05) is 11.3 Å². The lowest BCUT2D eigenvalue weighted by atomic mass is 9.92. The van der Waals surface area contributed by atoms with Crippen molar-refractivity contribution in [3.8, 4) is 5.75 Å². The van der Waals surface area contributed by atoms with Crippen LogP contribution in [-0.4, -0.2) is 36.5 Å². The second-order valence-electron chi connectivity index (χ2n) is 4.28. The highest BCUT2D eigenvalue weighted by molar-refractivity contribution is 7.22. The van der Waals surface area contributed by atoms with Crippen molar-refractivity contribution < 1.29 is 32.5 Å². The van der Waals surface area contributed by atoms with Crippen LogP contribution in [0.5, 0.6) is 5.75 Å². The van der Waals surface area contributed by atoms with Gasteiger partial charge in [-0.3, -0.25) is 0 Å². The van der Waals surface area contributed by atoms with Crippen molar-refractivity contribution in [3.63, 3.8) is 0 Å². The molecule has 2 rings (SSSR count). The number of esters is 1. The molecule has 3 N–H and O–H groups in total. The zero-order chi connectivity index (χ0) is 16.7. The molecule has 0 aliphatic heterocycles. The molecule has 2 aromatic rings. The van der Waals surface area contributed by atoms with E-state index in [1.165, 1.54) is 7.11 Å². The van der Waals surface area contributed by atoms with E-state index < -0.39 is 23.3 Å². The van der Waals surface area contributed by atoms with Crippen LogP contribution in [0.25, 0.3) is 10.2 Å². The zero-order valence-corrected chi connectivity index (χ0v) is 12.2. The first-order valence-electron chi connectivity index (χ1n) is 5.77. The van der Waals surface area contributed by atoms with Gasteiger partial charge in [0.15, 0.2) is 5.13 Å². The van der Waals surface area contributed by atoms with E-state index in [0.29, 0.717) is 0 Å². The van der Waals surface area contributed by atoms with Gasteiger partial charge in [-0.15, -0.1) is 0 Å². The number of rotatable bonds is 3. The molecule has 0 aliphatic rings. The summed E-state index contributed by atoms with van der Waals surface area (Å²) in [6, 6.07) is 1.86. The number of hydrogen-bond donors (Lipinski definition) is 2. The molecule has 1 unspecified atom stereocenters. The van der Waals surface area contributed by atoms with E-state index in [1.54, 1.807) is 0 Å². The van der Waals surface area contributed by atoms with E-state index in [-0.39, 0.29) is 21.1 Å². The normalized spacial score (nSPS) is 14.6. The van der Waals surface area contributed by atoms with Crippen LogP contribution in [-0.2, 0) is 15.1 Å². The maximum absolute atomic E-state index is 13.2. The zero-order valence-electron chi connectivity index (χ0n) is 11.4. The molecule has 0 aliphatic carbocycles. The van der Waals surface area contributed by atoms with Crippen molar-refractivity contribution in [1.82, 2.24) is 4.98 Å². The highest BCUT2D eigenvalue weighted by Gasteiger charge is 2.62. The maximum atomic E-state index is 13.2. The van der Waals surface area contributed by atoms with Crippen LogP contribution < -0.4 is 10.5 Å². The number of nitrogens with zero attached hydrogens (tertiary/aromatic N) is 1. The summed E-state index contributed by atoms with van der Waals surface area (Å²) >= 11 is 0.898. The van der Waals surface area contributed by atoms with Gasteiger partial charge in [-0.05, 0) is 12.1 Å². The van der Waals surface area contributed by atoms with Crippen molar-refractivity contribution in [2.24, 2.45) is 0 Å². The summed E-state index contributed by atoms with van der Waals surface area (Å²) in [6.07, 6.45) is -5.28. The highest BCUT2D eigenvalue weighted by atomic mass is 32.1. The Kier molecular flexibility index (Phi) is 3.92. The molecule has 0 bridgehead atoms. The molecule has 1 heterocycles. The predicted molar refractivity (Wildman–Crippen MR) is 72.6 cm³/mol. The Morgan fingerprint density at radius 3 is 2.50 bits per heavy atom. The Hall–Kier alpha value is -2.07. The Balaban J connectivity index is 2.77. The fraction of sp³-hybridized carbons (Fsp3) is 0.333. The average molecular weight is 336 g/mol. The minimum Gasteiger partial charge on any atom is -0.494 e. The summed E-state index contributed by atoms with van der Waals surface area (Å²) in [6.45, 7) is 0. The molecule has 22 heavy (non-hydrogen) atoms. The lowest BCUT2D eigenvalue weighted by Crippen LogP contribution is -2.49. The average Bonchev–Trinajstić information content (AvgIpc) is 2.83. The molecule has 0 radical (unpaired) electrons. The summed E-state index contributed by atoms with van der Waals surface area (Å²) < 4.78 is 49.0. The van der Waals surface area contributed by atoms with Gasteiger partial charge >= 0.3 is 12.1 Å². The molecule has 0 saturated heterocycles. The van der Waals surface area contributed by atoms with Crippen LogP contribution >= 0.6 is 11.3 Å². The van der Waals surface area contributed by atoms with Crippen LogP contribution in [0.15, 0.2) is 12.1 Å². The lowest BCUT2D eigenvalue weighted by molar-refractivity contribution is -0.266. The summed E-state index contributed by atoms with van der Waals surface area (Å²) in [5.41, 5.74) is 1.21. The molecule has 120 valence electrons. The molecule has 0 spiro atoms. The Morgan fingerprint density at radius 1 is 1.36 bits per heavy atom. The summed E-state index contributed by atoms with van der Waals surface area (Å²) in [5, 5.41) is 10.1. The number of ether oxygens (including phenoxy) is 2. The van der Waals surface area contributed by atoms with Crippen molar-refractivity contribution in [1.29, 1.82) is 0 Å². The number of anilines is 1. The summed E-state index contributed by atoms with van der Waals surface area (Å²) in [7, 11) is 1.97. The second kappa shape index (κ2) is 5.29. The van der Waals surface area contributed by atoms with E-state index in [0.717, 1.165) is 30.6 Å². The molecule has 1 aromatic carbocycles. The molecule has 0 saturated carbocycles.